The van der Waals surface area contributed by atoms with Crippen LogP contribution in [0.1, 0.15) is 25.5 Å². The minimum atomic E-state index is -0.413. The molecule has 0 aliphatic heterocycles. The number of anilines is 1. The van der Waals surface area contributed by atoms with Crippen LogP contribution < -0.4 is 10.9 Å². The first kappa shape index (κ1) is 16.6. The van der Waals surface area contributed by atoms with Gasteiger partial charge in [-0.2, -0.15) is 5.10 Å². The Morgan fingerprint density at radius 3 is 2.72 bits per heavy atom. The summed E-state index contributed by atoms with van der Waals surface area (Å²) < 4.78 is 14.6. The summed E-state index contributed by atoms with van der Waals surface area (Å²) in [6, 6.07) is 7.23. The molecule has 0 unspecified atom stereocenters. The Morgan fingerprint density at radius 2 is 2.04 bits per heavy atom. The van der Waals surface area contributed by atoms with Gasteiger partial charge in [-0.05, 0) is 50.3 Å². The summed E-state index contributed by atoms with van der Waals surface area (Å²) in [5.74, 6) is -0.792. The first-order chi connectivity index (χ1) is 11.9. The van der Waals surface area contributed by atoms with Crippen molar-refractivity contribution < 1.29 is 9.18 Å². The number of halogens is 1. The maximum absolute atomic E-state index is 12.8. The zero-order valence-corrected chi connectivity index (χ0v) is 13.8. The summed E-state index contributed by atoms with van der Waals surface area (Å²) in [6.45, 7) is 3.94. The maximum atomic E-state index is 12.8. The van der Waals surface area contributed by atoms with Crippen molar-refractivity contribution >= 4 is 28.7 Å². The molecule has 2 N–H and O–H groups in total. The highest BCUT2D eigenvalue weighted by molar-refractivity contribution is 6.02. The van der Waals surface area contributed by atoms with E-state index in [1.807, 2.05) is 13.8 Å². The van der Waals surface area contributed by atoms with Crippen molar-refractivity contribution in [2.45, 2.75) is 19.9 Å². The Balaban J connectivity index is 1.81. The Kier molecular flexibility index (Phi) is 4.47. The Labute approximate surface area is 143 Å². The molecule has 2 heterocycles. The van der Waals surface area contributed by atoms with E-state index in [2.05, 4.69) is 15.4 Å². The number of fused-ring (bicyclic) bond motifs is 1. The molecule has 2 aromatic heterocycles. The summed E-state index contributed by atoms with van der Waals surface area (Å²) in [5.41, 5.74) is 1.16. The predicted molar refractivity (Wildman–Crippen MR) is 94.8 cm³/mol. The SMILES string of the molecule is CC(C)n1ncc2cc(C=CC(=O)Nc3ccc(F)cc3)c(=O)[nH]c21. The van der Waals surface area contributed by atoms with Gasteiger partial charge in [0.2, 0.25) is 5.91 Å². The largest absolute Gasteiger partial charge is 0.323 e. The summed E-state index contributed by atoms with van der Waals surface area (Å²) in [7, 11) is 0. The van der Waals surface area contributed by atoms with E-state index in [1.54, 1.807) is 16.9 Å². The first-order valence-electron chi connectivity index (χ1n) is 7.79. The Bertz CT molecular complexity index is 1000. The van der Waals surface area contributed by atoms with E-state index in [9.17, 15) is 14.0 Å². The quantitative estimate of drug-likeness (QED) is 0.716. The highest BCUT2D eigenvalue weighted by Gasteiger charge is 2.09. The molecule has 0 radical (unpaired) electrons. The van der Waals surface area contributed by atoms with Crippen LogP contribution in [0.3, 0.4) is 0 Å². The molecule has 0 saturated carbocycles. The molecule has 7 heteroatoms. The second-order valence-electron chi connectivity index (χ2n) is 5.87. The van der Waals surface area contributed by atoms with Crippen molar-refractivity contribution in [2.75, 3.05) is 5.32 Å². The molecule has 0 aliphatic carbocycles. The number of hydrogen-bond donors (Lipinski definition) is 2. The average Bonchev–Trinajstić information content (AvgIpc) is 2.97. The number of amides is 1. The normalized spacial score (nSPS) is 11.5. The zero-order valence-electron chi connectivity index (χ0n) is 13.8. The van der Waals surface area contributed by atoms with Crippen molar-refractivity contribution in [3.05, 3.63) is 64.3 Å². The van der Waals surface area contributed by atoms with E-state index in [4.69, 9.17) is 0 Å². The molecule has 0 fully saturated rings. The number of aromatic nitrogens is 3. The topological polar surface area (TPSA) is 79.8 Å². The van der Waals surface area contributed by atoms with E-state index in [0.29, 0.717) is 16.9 Å². The van der Waals surface area contributed by atoms with Gasteiger partial charge >= 0.3 is 0 Å². The summed E-state index contributed by atoms with van der Waals surface area (Å²) in [5, 5.41) is 7.63. The van der Waals surface area contributed by atoms with E-state index < -0.39 is 5.91 Å². The summed E-state index contributed by atoms with van der Waals surface area (Å²) in [6.07, 6.45) is 4.36. The Hall–Kier alpha value is -3.22. The van der Waals surface area contributed by atoms with Gasteiger partial charge in [0.25, 0.3) is 5.56 Å². The molecular weight excluding hydrogens is 323 g/mol. The number of benzene rings is 1. The molecule has 0 saturated heterocycles. The van der Waals surface area contributed by atoms with Crippen molar-refractivity contribution in [1.29, 1.82) is 0 Å². The van der Waals surface area contributed by atoms with Gasteiger partial charge in [-0.1, -0.05) is 0 Å². The van der Waals surface area contributed by atoms with Gasteiger partial charge in [0, 0.05) is 28.8 Å². The minimum Gasteiger partial charge on any atom is -0.323 e. The monoisotopic (exact) mass is 340 g/mol. The minimum absolute atomic E-state index is 0.121. The predicted octanol–water partition coefficient (Wildman–Crippen LogP) is 3.10. The maximum Gasteiger partial charge on any atom is 0.256 e. The number of pyridine rings is 1. The van der Waals surface area contributed by atoms with Crippen molar-refractivity contribution in [2.24, 2.45) is 0 Å². The van der Waals surface area contributed by atoms with Crippen LogP contribution in [0.2, 0.25) is 0 Å². The number of nitrogens with one attached hydrogen (secondary N) is 2. The van der Waals surface area contributed by atoms with Crippen molar-refractivity contribution in [3.63, 3.8) is 0 Å². The lowest BCUT2D eigenvalue weighted by Crippen LogP contribution is -2.13. The van der Waals surface area contributed by atoms with E-state index in [-0.39, 0.29) is 17.4 Å². The molecule has 0 bridgehead atoms. The zero-order chi connectivity index (χ0) is 18.0. The molecule has 128 valence electrons. The second kappa shape index (κ2) is 6.72. The van der Waals surface area contributed by atoms with Gasteiger partial charge in [-0.15, -0.1) is 0 Å². The number of carbonyl (C=O) groups is 1. The van der Waals surface area contributed by atoms with Gasteiger partial charge in [-0.25, -0.2) is 9.07 Å². The van der Waals surface area contributed by atoms with Crippen molar-refractivity contribution in [3.8, 4) is 0 Å². The van der Waals surface area contributed by atoms with E-state index >= 15 is 0 Å². The molecule has 1 aromatic carbocycles. The number of hydrogen-bond acceptors (Lipinski definition) is 3. The van der Waals surface area contributed by atoms with Crippen LogP contribution in [0, 0.1) is 5.82 Å². The molecule has 1 amide bonds. The lowest BCUT2D eigenvalue weighted by molar-refractivity contribution is -0.111. The first-order valence-corrected chi connectivity index (χ1v) is 7.79. The molecule has 0 aliphatic rings. The smallest absolute Gasteiger partial charge is 0.256 e. The van der Waals surface area contributed by atoms with Crippen molar-refractivity contribution in [1.82, 2.24) is 14.8 Å². The molecular formula is C18H17FN4O2. The number of nitrogens with zero attached hydrogens (tertiary/aromatic N) is 2. The third kappa shape index (κ3) is 3.65. The average molecular weight is 340 g/mol. The number of rotatable bonds is 4. The molecule has 0 spiro atoms. The lowest BCUT2D eigenvalue weighted by atomic mass is 10.2. The standard InChI is InChI=1S/C18H17FN4O2/c1-11(2)23-17-13(10-20-23)9-12(18(25)22-17)3-8-16(24)21-15-6-4-14(19)5-7-15/h3-11H,1-2H3,(H,21,24)(H,22,25). The fraction of sp³-hybridized carbons (Fsp3) is 0.167. The Morgan fingerprint density at radius 1 is 1.32 bits per heavy atom. The van der Waals surface area contributed by atoms with Crippen LogP contribution in [0.4, 0.5) is 10.1 Å². The third-order valence-corrected chi connectivity index (χ3v) is 3.64. The highest BCUT2D eigenvalue weighted by atomic mass is 19.1. The van der Waals surface area contributed by atoms with Gasteiger partial charge in [0.05, 0.1) is 6.20 Å². The summed E-state index contributed by atoms with van der Waals surface area (Å²) in [4.78, 5) is 26.9. The van der Waals surface area contributed by atoms with Crippen LogP contribution >= 0.6 is 0 Å². The fourth-order valence-corrected chi connectivity index (χ4v) is 2.42. The third-order valence-electron chi connectivity index (χ3n) is 3.64. The lowest BCUT2D eigenvalue weighted by Gasteiger charge is -2.06. The highest BCUT2D eigenvalue weighted by Crippen LogP contribution is 2.15. The van der Waals surface area contributed by atoms with Gasteiger partial charge in [0.15, 0.2) is 0 Å². The molecule has 25 heavy (non-hydrogen) atoms. The van der Waals surface area contributed by atoms with Gasteiger partial charge < -0.3 is 10.3 Å². The molecule has 3 rings (SSSR count). The van der Waals surface area contributed by atoms with Crippen LogP contribution in [0.5, 0.6) is 0 Å². The molecule has 6 nitrogen and oxygen atoms in total. The van der Waals surface area contributed by atoms with Gasteiger partial charge in [-0.3, -0.25) is 9.59 Å². The van der Waals surface area contributed by atoms with Crippen LogP contribution in [0.15, 0.2) is 47.4 Å². The number of H-pyrrole nitrogens is 1. The van der Waals surface area contributed by atoms with Crippen LogP contribution in [-0.2, 0) is 4.79 Å². The van der Waals surface area contributed by atoms with Crippen LogP contribution in [0.25, 0.3) is 17.1 Å². The molecule has 0 atom stereocenters. The number of carbonyl (C=O) groups excluding carboxylic acids is 1. The molecule has 3 aromatic rings. The second-order valence-corrected chi connectivity index (χ2v) is 5.87. The summed E-state index contributed by atoms with van der Waals surface area (Å²) >= 11 is 0. The number of aromatic amines is 1. The van der Waals surface area contributed by atoms with Crippen LogP contribution in [-0.4, -0.2) is 20.7 Å². The van der Waals surface area contributed by atoms with E-state index in [0.717, 1.165) is 5.39 Å². The fourth-order valence-electron chi connectivity index (χ4n) is 2.42. The van der Waals surface area contributed by atoms with Gasteiger partial charge in [0.1, 0.15) is 11.5 Å². The van der Waals surface area contributed by atoms with E-state index in [1.165, 1.54) is 36.4 Å².